The molecule has 0 saturated carbocycles. The van der Waals surface area contributed by atoms with Gasteiger partial charge in [0.15, 0.2) is 0 Å². The third-order valence-electron chi connectivity index (χ3n) is 3.51. The van der Waals surface area contributed by atoms with Gasteiger partial charge in [-0.3, -0.25) is 0 Å². The minimum Gasteiger partial charge on any atom is -0.313 e. The van der Waals surface area contributed by atoms with E-state index in [0.717, 1.165) is 0 Å². The molecule has 1 aliphatic rings. The molecule has 3 heteroatoms. The summed E-state index contributed by atoms with van der Waals surface area (Å²) in [4.78, 5) is 2.67. The second kappa shape index (κ2) is 10.2. The van der Waals surface area contributed by atoms with Gasteiger partial charge in [0.25, 0.3) is 0 Å². The molecule has 1 atom stereocenters. The molecule has 0 aliphatic carbocycles. The zero-order chi connectivity index (χ0) is 12.3. The van der Waals surface area contributed by atoms with Crippen LogP contribution in [0.15, 0.2) is 0 Å². The Morgan fingerprint density at radius 1 is 1.12 bits per heavy atom. The first-order valence-corrected chi connectivity index (χ1v) is 8.67. The Kier molecular flexibility index (Phi) is 9.21. The lowest BCUT2D eigenvalue weighted by Gasteiger charge is -2.19. The number of nitrogens with one attached hydrogen (secondary N) is 1. The fourth-order valence-electron chi connectivity index (χ4n) is 2.48. The molecule has 2 nitrogen and oxygen atoms in total. The van der Waals surface area contributed by atoms with Crippen molar-refractivity contribution in [3.05, 3.63) is 0 Å². The fraction of sp³-hybridized carbons (Fsp3) is 1.00. The topological polar surface area (TPSA) is 15.3 Å². The van der Waals surface area contributed by atoms with Gasteiger partial charge in [0.05, 0.1) is 0 Å². The van der Waals surface area contributed by atoms with Crippen LogP contribution in [0, 0.1) is 0 Å². The van der Waals surface area contributed by atoms with Gasteiger partial charge in [0.1, 0.15) is 0 Å². The third-order valence-corrected chi connectivity index (χ3v) is 4.34. The van der Waals surface area contributed by atoms with Crippen molar-refractivity contribution >= 4 is 11.8 Å². The van der Waals surface area contributed by atoms with Gasteiger partial charge in [-0.25, -0.2) is 0 Å². The number of hydrogen-bond donors (Lipinski definition) is 1. The standard InChI is InChI=1S/C14H30N2S/c1-14(13-17-2)15-9-5-8-12-16-10-6-3-4-7-11-16/h14-15H,3-13H2,1-2H3. The van der Waals surface area contributed by atoms with Gasteiger partial charge < -0.3 is 10.2 Å². The molecular weight excluding hydrogens is 228 g/mol. The SMILES string of the molecule is CSCC(C)NCCCCN1CCCCCC1. The van der Waals surface area contributed by atoms with Crippen molar-refractivity contribution in [1.82, 2.24) is 10.2 Å². The van der Waals surface area contributed by atoms with E-state index in [-0.39, 0.29) is 0 Å². The van der Waals surface area contributed by atoms with Gasteiger partial charge in [0.2, 0.25) is 0 Å². The van der Waals surface area contributed by atoms with Gasteiger partial charge in [-0.2, -0.15) is 11.8 Å². The molecule has 1 rings (SSSR count). The van der Waals surface area contributed by atoms with Crippen LogP contribution < -0.4 is 5.32 Å². The van der Waals surface area contributed by atoms with Crippen LogP contribution in [0.4, 0.5) is 0 Å². The second-order valence-electron chi connectivity index (χ2n) is 5.27. The van der Waals surface area contributed by atoms with Crippen LogP contribution >= 0.6 is 11.8 Å². The Balaban J connectivity index is 1.92. The monoisotopic (exact) mass is 258 g/mol. The van der Waals surface area contributed by atoms with Crippen molar-refractivity contribution in [1.29, 1.82) is 0 Å². The van der Waals surface area contributed by atoms with E-state index in [1.54, 1.807) is 0 Å². The molecule has 17 heavy (non-hydrogen) atoms. The van der Waals surface area contributed by atoms with E-state index in [1.165, 1.54) is 70.5 Å². The maximum atomic E-state index is 3.59. The number of nitrogens with zero attached hydrogens (tertiary/aromatic N) is 1. The van der Waals surface area contributed by atoms with Crippen molar-refractivity contribution in [2.24, 2.45) is 0 Å². The van der Waals surface area contributed by atoms with E-state index >= 15 is 0 Å². The van der Waals surface area contributed by atoms with Gasteiger partial charge in [0, 0.05) is 11.8 Å². The number of thioether (sulfide) groups is 1. The molecule has 0 spiro atoms. The summed E-state index contributed by atoms with van der Waals surface area (Å²) < 4.78 is 0. The minimum absolute atomic E-state index is 0.670. The summed E-state index contributed by atoms with van der Waals surface area (Å²) in [6.07, 6.45) is 10.6. The summed E-state index contributed by atoms with van der Waals surface area (Å²) in [5, 5.41) is 3.59. The Labute approximate surface area is 112 Å². The first-order valence-electron chi connectivity index (χ1n) is 7.27. The van der Waals surface area contributed by atoms with Crippen LogP contribution in [0.1, 0.15) is 45.4 Å². The van der Waals surface area contributed by atoms with E-state index in [1.807, 2.05) is 11.8 Å². The van der Waals surface area contributed by atoms with Gasteiger partial charge in [-0.05, 0) is 65.0 Å². The summed E-state index contributed by atoms with van der Waals surface area (Å²) in [5.41, 5.74) is 0. The molecule has 0 aromatic heterocycles. The Morgan fingerprint density at radius 2 is 1.82 bits per heavy atom. The molecular formula is C14H30N2S. The maximum Gasteiger partial charge on any atom is 0.0129 e. The highest BCUT2D eigenvalue weighted by atomic mass is 32.2. The molecule has 1 N–H and O–H groups in total. The lowest BCUT2D eigenvalue weighted by molar-refractivity contribution is 0.278. The maximum absolute atomic E-state index is 3.59. The van der Waals surface area contributed by atoms with Crippen LogP contribution in [0.3, 0.4) is 0 Å². The zero-order valence-corrected chi connectivity index (χ0v) is 12.5. The normalized spacial score (nSPS) is 20.1. The minimum atomic E-state index is 0.670. The summed E-state index contributed by atoms with van der Waals surface area (Å²) >= 11 is 1.93. The summed E-state index contributed by atoms with van der Waals surface area (Å²) in [7, 11) is 0. The average molecular weight is 258 g/mol. The van der Waals surface area contributed by atoms with E-state index in [9.17, 15) is 0 Å². The summed E-state index contributed by atoms with van der Waals surface area (Å²) in [5.74, 6) is 1.23. The first-order chi connectivity index (χ1) is 8.33. The van der Waals surface area contributed by atoms with E-state index in [0.29, 0.717) is 6.04 Å². The lowest BCUT2D eigenvalue weighted by Crippen LogP contribution is -2.30. The second-order valence-corrected chi connectivity index (χ2v) is 6.18. The molecule has 0 amide bonds. The average Bonchev–Trinajstić information content (AvgIpc) is 2.57. The lowest BCUT2D eigenvalue weighted by atomic mass is 10.2. The van der Waals surface area contributed by atoms with Crippen LogP contribution in [-0.4, -0.2) is 49.1 Å². The Bertz CT molecular complexity index is 168. The Hall–Kier alpha value is 0.270. The predicted octanol–water partition coefficient (Wildman–Crippen LogP) is 2.98. The zero-order valence-electron chi connectivity index (χ0n) is 11.7. The number of unbranched alkanes of at least 4 members (excludes halogenated alkanes) is 1. The van der Waals surface area contributed by atoms with Crippen molar-refractivity contribution in [2.45, 2.75) is 51.5 Å². The molecule has 1 saturated heterocycles. The predicted molar refractivity (Wildman–Crippen MR) is 80.0 cm³/mol. The molecule has 0 radical (unpaired) electrons. The van der Waals surface area contributed by atoms with Crippen LogP contribution in [0.25, 0.3) is 0 Å². The van der Waals surface area contributed by atoms with Crippen molar-refractivity contribution in [3.63, 3.8) is 0 Å². The molecule has 1 unspecified atom stereocenters. The largest absolute Gasteiger partial charge is 0.313 e. The molecule has 1 aliphatic heterocycles. The van der Waals surface area contributed by atoms with Crippen LogP contribution in [-0.2, 0) is 0 Å². The smallest absolute Gasteiger partial charge is 0.0129 e. The highest BCUT2D eigenvalue weighted by Crippen LogP contribution is 2.10. The third kappa shape index (κ3) is 8.06. The molecule has 102 valence electrons. The van der Waals surface area contributed by atoms with Crippen LogP contribution in [0.2, 0.25) is 0 Å². The fourth-order valence-corrected chi connectivity index (χ4v) is 3.10. The van der Waals surface area contributed by atoms with E-state index < -0.39 is 0 Å². The number of likely N-dealkylation sites (tertiary alicyclic amines) is 1. The summed E-state index contributed by atoms with van der Waals surface area (Å²) in [6.45, 7) is 7.48. The summed E-state index contributed by atoms with van der Waals surface area (Å²) in [6, 6.07) is 0.670. The molecule has 0 aromatic rings. The first kappa shape index (κ1) is 15.3. The number of hydrogen-bond acceptors (Lipinski definition) is 3. The van der Waals surface area contributed by atoms with Gasteiger partial charge >= 0.3 is 0 Å². The van der Waals surface area contributed by atoms with Crippen molar-refractivity contribution in [2.75, 3.05) is 38.2 Å². The quantitative estimate of drug-likeness (QED) is 0.674. The van der Waals surface area contributed by atoms with E-state index in [4.69, 9.17) is 0 Å². The molecule has 0 bridgehead atoms. The Morgan fingerprint density at radius 3 is 2.47 bits per heavy atom. The van der Waals surface area contributed by atoms with E-state index in [2.05, 4.69) is 23.4 Å². The highest BCUT2D eigenvalue weighted by molar-refractivity contribution is 7.98. The van der Waals surface area contributed by atoms with Crippen molar-refractivity contribution in [3.8, 4) is 0 Å². The number of rotatable bonds is 8. The van der Waals surface area contributed by atoms with Gasteiger partial charge in [-0.1, -0.05) is 12.8 Å². The molecule has 1 heterocycles. The molecule has 1 fully saturated rings. The molecule has 0 aromatic carbocycles. The van der Waals surface area contributed by atoms with Gasteiger partial charge in [-0.15, -0.1) is 0 Å². The highest BCUT2D eigenvalue weighted by Gasteiger charge is 2.07. The van der Waals surface area contributed by atoms with Crippen LogP contribution in [0.5, 0.6) is 0 Å². The van der Waals surface area contributed by atoms with Crippen molar-refractivity contribution < 1.29 is 0 Å².